The fourth-order valence-corrected chi connectivity index (χ4v) is 2.00. The maximum absolute atomic E-state index is 12.6. The third-order valence-corrected chi connectivity index (χ3v) is 2.80. The second kappa shape index (κ2) is 6.08. The van der Waals surface area contributed by atoms with Crippen molar-refractivity contribution in [3.63, 3.8) is 0 Å². The molecule has 1 rings (SSSR count). The Morgan fingerprint density at radius 1 is 1.21 bits per heavy atom. The monoisotopic (exact) mass is 274 g/mol. The van der Waals surface area contributed by atoms with Gasteiger partial charge in [0.2, 0.25) is 0 Å². The number of halogens is 3. The lowest BCUT2D eigenvalue weighted by atomic mass is 9.80. The van der Waals surface area contributed by atoms with E-state index in [4.69, 9.17) is 4.74 Å². The van der Waals surface area contributed by atoms with Crippen molar-refractivity contribution in [2.75, 3.05) is 6.61 Å². The van der Waals surface area contributed by atoms with E-state index < -0.39 is 24.0 Å². The zero-order chi connectivity index (χ0) is 14.5. The predicted molar refractivity (Wildman–Crippen MR) is 65.6 cm³/mol. The number of hydrogen-bond donors (Lipinski definition) is 0. The molecule has 0 aliphatic rings. The van der Waals surface area contributed by atoms with Crippen molar-refractivity contribution in [1.29, 1.82) is 0 Å². The summed E-state index contributed by atoms with van der Waals surface area (Å²) < 4.78 is 42.7. The van der Waals surface area contributed by atoms with Gasteiger partial charge in [0, 0.05) is 0 Å². The van der Waals surface area contributed by atoms with Crippen LogP contribution in [0.4, 0.5) is 13.2 Å². The fourth-order valence-electron chi connectivity index (χ4n) is 2.00. The second-order valence-corrected chi connectivity index (χ2v) is 4.74. The van der Waals surface area contributed by atoms with E-state index in [0.29, 0.717) is 5.56 Å². The number of carbonyl (C=O) groups is 1. The molecule has 1 aromatic carbocycles. The molecule has 5 heteroatoms. The van der Waals surface area contributed by atoms with Crippen LogP contribution in [0.15, 0.2) is 30.3 Å². The molecule has 1 aromatic rings. The number of hydrogen-bond acceptors (Lipinski definition) is 2. The largest absolute Gasteiger partial charge is 0.466 e. The molecule has 0 aliphatic heterocycles. The normalized spacial score (nSPS) is 14.8. The fraction of sp³-hybridized carbons (Fsp3) is 0.500. The first kappa shape index (κ1) is 15.5. The number of esters is 1. The van der Waals surface area contributed by atoms with E-state index in [1.807, 2.05) is 0 Å². The summed E-state index contributed by atoms with van der Waals surface area (Å²) in [6.07, 6.45) is -5.59. The predicted octanol–water partition coefficient (Wildman–Crippen LogP) is 3.75. The average molecular weight is 274 g/mol. The molecule has 0 aliphatic carbocycles. The van der Waals surface area contributed by atoms with Crippen molar-refractivity contribution in [2.45, 2.75) is 32.9 Å². The molecule has 19 heavy (non-hydrogen) atoms. The first-order valence-electron chi connectivity index (χ1n) is 6.05. The quantitative estimate of drug-likeness (QED) is 0.764. The molecule has 0 fully saturated rings. The van der Waals surface area contributed by atoms with Gasteiger partial charge in [-0.05, 0) is 25.8 Å². The first-order chi connectivity index (χ1) is 8.77. The summed E-state index contributed by atoms with van der Waals surface area (Å²) in [4.78, 5) is 11.8. The molecule has 0 spiro atoms. The molecule has 106 valence electrons. The number of carbonyl (C=O) groups excluding carboxylic acids is 1. The highest BCUT2D eigenvalue weighted by Gasteiger charge is 2.45. The lowest BCUT2D eigenvalue weighted by Gasteiger charge is -2.28. The highest BCUT2D eigenvalue weighted by molar-refractivity contribution is 5.76. The van der Waals surface area contributed by atoms with Crippen molar-refractivity contribution in [2.24, 2.45) is 5.41 Å². The Balaban J connectivity index is 2.95. The van der Waals surface area contributed by atoms with Gasteiger partial charge in [-0.15, -0.1) is 0 Å². The van der Waals surface area contributed by atoms with Crippen LogP contribution in [-0.2, 0) is 16.0 Å². The van der Waals surface area contributed by atoms with Crippen LogP contribution in [0.5, 0.6) is 0 Å². The summed E-state index contributed by atoms with van der Waals surface area (Å²) in [5.74, 6) is -0.809. The van der Waals surface area contributed by atoms with Crippen LogP contribution < -0.4 is 0 Å². The molecule has 0 amide bonds. The minimum Gasteiger partial charge on any atom is -0.466 e. The lowest BCUT2D eigenvalue weighted by Crippen LogP contribution is -2.36. The lowest BCUT2D eigenvalue weighted by molar-refractivity contribution is -0.180. The zero-order valence-electron chi connectivity index (χ0n) is 11.0. The maximum atomic E-state index is 12.6. The van der Waals surface area contributed by atoms with Gasteiger partial charge >= 0.3 is 12.1 Å². The van der Waals surface area contributed by atoms with Crippen LogP contribution in [0, 0.1) is 5.41 Å². The van der Waals surface area contributed by atoms with E-state index in [-0.39, 0.29) is 13.0 Å². The van der Waals surface area contributed by atoms with Gasteiger partial charge < -0.3 is 4.74 Å². The van der Waals surface area contributed by atoms with E-state index in [1.165, 1.54) is 6.92 Å². The van der Waals surface area contributed by atoms with Crippen molar-refractivity contribution in [1.82, 2.24) is 0 Å². The molecular formula is C14H17F3O2. The Kier molecular flexibility index (Phi) is 4.97. The van der Waals surface area contributed by atoms with E-state index in [2.05, 4.69) is 0 Å². The van der Waals surface area contributed by atoms with Crippen LogP contribution >= 0.6 is 0 Å². The Labute approximate surface area is 110 Å². The summed E-state index contributed by atoms with van der Waals surface area (Å²) in [6, 6.07) is 8.64. The first-order valence-corrected chi connectivity index (χ1v) is 6.05. The van der Waals surface area contributed by atoms with Gasteiger partial charge in [0.25, 0.3) is 0 Å². The maximum Gasteiger partial charge on any atom is 0.390 e. The third kappa shape index (κ3) is 4.93. The van der Waals surface area contributed by atoms with E-state index in [9.17, 15) is 18.0 Å². The molecule has 0 bridgehead atoms. The summed E-state index contributed by atoms with van der Waals surface area (Å²) in [7, 11) is 0. The Bertz CT molecular complexity index is 414. The standard InChI is InChI=1S/C14H17F3O2/c1-3-19-12(18)13(2,10-14(15,16)17)9-11-7-5-4-6-8-11/h4-8H,3,9-10H2,1-2H3. The van der Waals surface area contributed by atoms with Crippen LogP contribution in [-0.4, -0.2) is 18.8 Å². The Morgan fingerprint density at radius 3 is 2.26 bits per heavy atom. The minimum atomic E-state index is -4.41. The topological polar surface area (TPSA) is 26.3 Å². The van der Waals surface area contributed by atoms with Gasteiger partial charge in [-0.3, -0.25) is 4.79 Å². The molecule has 0 heterocycles. The average Bonchev–Trinajstić information content (AvgIpc) is 2.28. The van der Waals surface area contributed by atoms with Crippen LogP contribution in [0.3, 0.4) is 0 Å². The van der Waals surface area contributed by atoms with Crippen LogP contribution in [0.25, 0.3) is 0 Å². The molecule has 0 saturated heterocycles. The molecule has 0 aromatic heterocycles. The second-order valence-electron chi connectivity index (χ2n) is 4.74. The molecule has 0 saturated carbocycles. The molecule has 0 radical (unpaired) electrons. The SMILES string of the molecule is CCOC(=O)C(C)(Cc1ccccc1)CC(F)(F)F. The number of alkyl halides is 3. The minimum absolute atomic E-state index is 0.00613. The highest BCUT2D eigenvalue weighted by atomic mass is 19.4. The van der Waals surface area contributed by atoms with Crippen molar-refractivity contribution >= 4 is 5.97 Å². The van der Waals surface area contributed by atoms with Crippen molar-refractivity contribution < 1.29 is 22.7 Å². The van der Waals surface area contributed by atoms with Crippen molar-refractivity contribution in [3.05, 3.63) is 35.9 Å². The van der Waals surface area contributed by atoms with Crippen molar-refractivity contribution in [3.8, 4) is 0 Å². The van der Waals surface area contributed by atoms with E-state index >= 15 is 0 Å². The van der Waals surface area contributed by atoms with E-state index in [0.717, 1.165) is 0 Å². The summed E-state index contributed by atoms with van der Waals surface area (Å²) >= 11 is 0. The van der Waals surface area contributed by atoms with Gasteiger partial charge in [0.15, 0.2) is 0 Å². The number of rotatable bonds is 5. The molecule has 2 nitrogen and oxygen atoms in total. The summed E-state index contributed by atoms with van der Waals surface area (Å²) in [6.45, 7) is 2.95. The molecule has 1 atom stereocenters. The molecular weight excluding hydrogens is 257 g/mol. The van der Waals surface area contributed by atoms with Gasteiger partial charge in [-0.25, -0.2) is 0 Å². The zero-order valence-corrected chi connectivity index (χ0v) is 11.0. The van der Waals surface area contributed by atoms with Crippen LogP contribution in [0.1, 0.15) is 25.8 Å². The highest BCUT2D eigenvalue weighted by Crippen LogP contribution is 2.37. The van der Waals surface area contributed by atoms with Gasteiger partial charge in [0.1, 0.15) is 0 Å². The number of benzene rings is 1. The Hall–Kier alpha value is -1.52. The van der Waals surface area contributed by atoms with Gasteiger partial charge in [-0.1, -0.05) is 30.3 Å². The third-order valence-electron chi connectivity index (χ3n) is 2.80. The van der Waals surface area contributed by atoms with Crippen LogP contribution in [0.2, 0.25) is 0 Å². The summed E-state index contributed by atoms with van der Waals surface area (Å²) in [5, 5.41) is 0. The smallest absolute Gasteiger partial charge is 0.390 e. The summed E-state index contributed by atoms with van der Waals surface area (Å²) in [5.41, 5.74) is -0.905. The van der Waals surface area contributed by atoms with Gasteiger partial charge in [0.05, 0.1) is 18.4 Å². The number of ether oxygens (including phenoxy) is 1. The van der Waals surface area contributed by atoms with E-state index in [1.54, 1.807) is 37.3 Å². The van der Waals surface area contributed by atoms with Gasteiger partial charge in [-0.2, -0.15) is 13.2 Å². The molecule has 0 N–H and O–H groups in total. The Morgan fingerprint density at radius 2 is 1.79 bits per heavy atom. The molecule has 1 unspecified atom stereocenters.